The zero-order valence-corrected chi connectivity index (χ0v) is 12.3. The molecule has 0 aromatic carbocycles. The van der Waals surface area contributed by atoms with E-state index in [9.17, 15) is 9.59 Å². The summed E-state index contributed by atoms with van der Waals surface area (Å²) in [6.07, 6.45) is 6.97. The Balaban J connectivity index is 3.24. The molecule has 0 spiro atoms. The average Bonchev–Trinajstić information content (AvgIpc) is 2.36. The molecular formula is C13H15N3O3S. The predicted octanol–water partition coefficient (Wildman–Crippen LogP) is 0.975. The zero-order valence-electron chi connectivity index (χ0n) is 11.5. The molecule has 0 saturated heterocycles. The van der Waals surface area contributed by atoms with Crippen LogP contribution in [0, 0.1) is 26.2 Å². The van der Waals surface area contributed by atoms with Crippen molar-refractivity contribution in [2.75, 3.05) is 19.3 Å². The third-order valence-corrected chi connectivity index (χ3v) is 3.15. The number of hydrogen-bond donors (Lipinski definition) is 1. The second-order valence-electron chi connectivity index (χ2n) is 4.00. The van der Waals surface area contributed by atoms with Crippen LogP contribution in [0.1, 0.15) is 21.9 Å². The van der Waals surface area contributed by atoms with Crippen molar-refractivity contribution in [1.29, 1.82) is 0 Å². The lowest BCUT2D eigenvalue weighted by molar-refractivity contribution is -0.137. The SMILES string of the molecule is C#CCN(CC(=O)O)C(=O)c1c(C)nc(C)nc1SC. The summed E-state index contributed by atoms with van der Waals surface area (Å²) in [5, 5.41) is 9.37. The van der Waals surface area contributed by atoms with Crippen molar-refractivity contribution in [3.05, 3.63) is 17.1 Å². The Bertz CT molecular complexity index is 581. The molecule has 1 aromatic heterocycles. The molecule has 20 heavy (non-hydrogen) atoms. The zero-order chi connectivity index (χ0) is 15.3. The Labute approximate surface area is 121 Å². The number of nitrogens with zero attached hydrogens (tertiary/aromatic N) is 3. The Morgan fingerprint density at radius 3 is 2.55 bits per heavy atom. The van der Waals surface area contributed by atoms with Gasteiger partial charge in [-0.1, -0.05) is 5.92 Å². The van der Waals surface area contributed by atoms with E-state index in [-0.39, 0.29) is 6.54 Å². The van der Waals surface area contributed by atoms with Crippen molar-refractivity contribution >= 4 is 23.6 Å². The molecule has 0 aliphatic carbocycles. The summed E-state index contributed by atoms with van der Waals surface area (Å²) in [6, 6.07) is 0. The number of hydrogen-bond acceptors (Lipinski definition) is 5. The lowest BCUT2D eigenvalue weighted by Gasteiger charge is -2.20. The summed E-state index contributed by atoms with van der Waals surface area (Å²) in [6.45, 7) is 2.89. The van der Waals surface area contributed by atoms with E-state index >= 15 is 0 Å². The van der Waals surface area contributed by atoms with Gasteiger partial charge < -0.3 is 10.0 Å². The maximum absolute atomic E-state index is 12.5. The van der Waals surface area contributed by atoms with Crippen LogP contribution in [0.15, 0.2) is 5.03 Å². The molecule has 1 rings (SSSR count). The van der Waals surface area contributed by atoms with E-state index in [2.05, 4.69) is 15.9 Å². The van der Waals surface area contributed by atoms with E-state index in [0.29, 0.717) is 22.1 Å². The van der Waals surface area contributed by atoms with Crippen molar-refractivity contribution in [3.63, 3.8) is 0 Å². The fourth-order valence-electron chi connectivity index (χ4n) is 1.71. The van der Waals surface area contributed by atoms with E-state index < -0.39 is 18.4 Å². The Morgan fingerprint density at radius 1 is 1.40 bits per heavy atom. The molecule has 7 heteroatoms. The van der Waals surface area contributed by atoms with Crippen LogP contribution in [0.25, 0.3) is 0 Å². The normalized spacial score (nSPS) is 9.90. The molecule has 0 bridgehead atoms. The fourth-order valence-corrected chi connectivity index (χ4v) is 2.37. The number of aryl methyl sites for hydroxylation is 2. The molecule has 1 N–H and O–H groups in total. The standard InChI is InChI=1S/C13H15N3O3S/c1-5-6-16(7-10(17)18)13(19)11-8(2)14-9(3)15-12(11)20-4/h1H,6-7H2,2-4H3,(H,17,18). The fraction of sp³-hybridized carbons (Fsp3) is 0.385. The third-order valence-electron chi connectivity index (χ3n) is 2.47. The third kappa shape index (κ3) is 3.71. The molecular weight excluding hydrogens is 278 g/mol. The highest BCUT2D eigenvalue weighted by Gasteiger charge is 2.24. The molecule has 0 saturated carbocycles. The van der Waals surface area contributed by atoms with E-state index in [4.69, 9.17) is 11.5 Å². The smallest absolute Gasteiger partial charge is 0.323 e. The Hall–Kier alpha value is -2.07. The number of carbonyl (C=O) groups excluding carboxylic acids is 1. The number of thioether (sulfide) groups is 1. The van der Waals surface area contributed by atoms with E-state index in [1.165, 1.54) is 11.8 Å². The first-order valence-corrected chi connectivity index (χ1v) is 6.97. The van der Waals surface area contributed by atoms with Crippen LogP contribution in [0.2, 0.25) is 0 Å². The molecule has 0 aliphatic heterocycles. The molecule has 0 fully saturated rings. The Morgan fingerprint density at radius 2 is 2.05 bits per heavy atom. The quantitative estimate of drug-likeness (QED) is 0.495. The summed E-state index contributed by atoms with van der Waals surface area (Å²) in [5.74, 6) is 1.26. The van der Waals surface area contributed by atoms with Gasteiger partial charge in [0.25, 0.3) is 5.91 Å². The number of amides is 1. The molecule has 0 radical (unpaired) electrons. The number of carboxylic acids is 1. The monoisotopic (exact) mass is 293 g/mol. The second kappa shape index (κ2) is 6.91. The molecule has 1 amide bonds. The minimum atomic E-state index is -1.12. The van der Waals surface area contributed by atoms with Crippen molar-refractivity contribution in [2.24, 2.45) is 0 Å². The number of carbonyl (C=O) groups is 2. The van der Waals surface area contributed by atoms with Gasteiger partial charge >= 0.3 is 5.97 Å². The van der Waals surface area contributed by atoms with E-state index in [1.54, 1.807) is 20.1 Å². The number of rotatable bonds is 5. The highest BCUT2D eigenvalue weighted by Crippen LogP contribution is 2.22. The van der Waals surface area contributed by atoms with Gasteiger partial charge in [0.15, 0.2) is 0 Å². The second-order valence-corrected chi connectivity index (χ2v) is 4.79. The minimum Gasteiger partial charge on any atom is -0.480 e. The van der Waals surface area contributed by atoms with Crippen LogP contribution in [-0.4, -0.2) is 51.2 Å². The number of aromatic nitrogens is 2. The number of terminal acetylenes is 1. The van der Waals surface area contributed by atoms with Crippen LogP contribution in [-0.2, 0) is 4.79 Å². The first-order valence-electron chi connectivity index (χ1n) is 5.74. The highest BCUT2D eigenvalue weighted by molar-refractivity contribution is 7.98. The predicted molar refractivity (Wildman–Crippen MR) is 75.7 cm³/mol. The number of carboxylic acid groups (broad SMARTS) is 1. The highest BCUT2D eigenvalue weighted by atomic mass is 32.2. The van der Waals surface area contributed by atoms with Gasteiger partial charge in [-0.15, -0.1) is 18.2 Å². The van der Waals surface area contributed by atoms with Gasteiger partial charge in [0.2, 0.25) is 0 Å². The van der Waals surface area contributed by atoms with Crippen molar-refractivity contribution < 1.29 is 14.7 Å². The van der Waals surface area contributed by atoms with Crippen molar-refractivity contribution in [3.8, 4) is 12.3 Å². The largest absolute Gasteiger partial charge is 0.480 e. The lowest BCUT2D eigenvalue weighted by atomic mass is 10.2. The minimum absolute atomic E-state index is 0.0771. The first-order chi connectivity index (χ1) is 9.40. The molecule has 0 atom stereocenters. The van der Waals surface area contributed by atoms with Gasteiger partial charge in [-0.25, -0.2) is 9.97 Å². The molecule has 0 unspecified atom stereocenters. The maximum atomic E-state index is 12.5. The summed E-state index contributed by atoms with van der Waals surface area (Å²) < 4.78 is 0. The van der Waals surface area contributed by atoms with Gasteiger partial charge in [-0.05, 0) is 20.1 Å². The summed E-state index contributed by atoms with van der Waals surface area (Å²) >= 11 is 1.31. The molecule has 106 valence electrons. The van der Waals surface area contributed by atoms with Crippen LogP contribution in [0.5, 0.6) is 0 Å². The molecule has 1 aromatic rings. The summed E-state index contributed by atoms with van der Waals surface area (Å²) in [5.41, 5.74) is 0.818. The van der Waals surface area contributed by atoms with Crippen LogP contribution >= 0.6 is 11.8 Å². The molecule has 6 nitrogen and oxygen atoms in total. The van der Waals surface area contributed by atoms with Crippen LogP contribution in [0.3, 0.4) is 0 Å². The van der Waals surface area contributed by atoms with Gasteiger partial charge in [0.1, 0.15) is 17.4 Å². The number of aliphatic carboxylic acids is 1. The van der Waals surface area contributed by atoms with E-state index in [1.807, 2.05) is 0 Å². The average molecular weight is 293 g/mol. The topological polar surface area (TPSA) is 83.4 Å². The van der Waals surface area contributed by atoms with Gasteiger partial charge in [-0.2, -0.15) is 0 Å². The van der Waals surface area contributed by atoms with Gasteiger partial charge in [-0.3, -0.25) is 9.59 Å². The maximum Gasteiger partial charge on any atom is 0.323 e. The lowest BCUT2D eigenvalue weighted by Crippen LogP contribution is -2.37. The molecule has 1 heterocycles. The molecule has 0 aliphatic rings. The Kier molecular flexibility index (Phi) is 5.53. The van der Waals surface area contributed by atoms with Crippen molar-refractivity contribution in [2.45, 2.75) is 18.9 Å². The van der Waals surface area contributed by atoms with E-state index in [0.717, 1.165) is 4.90 Å². The van der Waals surface area contributed by atoms with Crippen LogP contribution < -0.4 is 0 Å². The summed E-state index contributed by atoms with van der Waals surface area (Å²) in [7, 11) is 0. The van der Waals surface area contributed by atoms with Gasteiger partial charge in [0.05, 0.1) is 17.8 Å². The van der Waals surface area contributed by atoms with Crippen LogP contribution in [0.4, 0.5) is 0 Å². The van der Waals surface area contributed by atoms with Crippen molar-refractivity contribution in [1.82, 2.24) is 14.9 Å². The first kappa shape index (κ1) is 16.0. The summed E-state index contributed by atoms with van der Waals surface area (Å²) in [4.78, 5) is 32.7. The van der Waals surface area contributed by atoms with Gasteiger partial charge in [0, 0.05) is 0 Å².